The van der Waals surface area contributed by atoms with E-state index < -0.39 is 18.5 Å². The smallest absolute Gasteiger partial charge is 0.760 e. The Labute approximate surface area is 263 Å². The molecule has 1 aromatic heterocycles. The number of aliphatic imine (C=N–C) groups is 1. The molecule has 6 nitrogen and oxygen atoms in total. The van der Waals surface area contributed by atoms with E-state index in [1.807, 2.05) is 19.1 Å². The zero-order valence-electron chi connectivity index (χ0n) is 21.1. The molecular formula is C25H30F4KN5OS. The summed E-state index contributed by atoms with van der Waals surface area (Å²) >= 11 is 5.19. The molecule has 196 valence electrons. The summed E-state index contributed by atoms with van der Waals surface area (Å²) in [6.07, 6.45) is 3.78. The Morgan fingerprint density at radius 2 is 1.86 bits per heavy atom. The maximum absolute atomic E-state index is 13.7. The van der Waals surface area contributed by atoms with E-state index in [1.165, 1.54) is 31.4 Å². The molecule has 1 aromatic carbocycles. The number of unbranched alkanes of at least 4 members (excludes halogenated alkanes) is 1. The number of carbonyl (C=O) groups is 1. The number of alkyl halides is 3. The first kappa shape index (κ1) is 35.2. The third-order valence-electron chi connectivity index (χ3n) is 4.68. The van der Waals surface area contributed by atoms with Gasteiger partial charge in [-0.05, 0) is 55.7 Å². The molecule has 0 aliphatic heterocycles. The molecule has 1 heterocycles. The first-order chi connectivity index (χ1) is 17.0. The predicted molar refractivity (Wildman–Crippen MR) is 138 cm³/mol. The fourth-order valence-corrected chi connectivity index (χ4v) is 3.23. The van der Waals surface area contributed by atoms with E-state index in [0.29, 0.717) is 30.0 Å². The van der Waals surface area contributed by atoms with Crippen LogP contribution in [0.3, 0.4) is 0 Å². The van der Waals surface area contributed by atoms with Crippen LogP contribution >= 0.6 is 0 Å². The molecule has 0 atom stereocenters. The third-order valence-corrected chi connectivity index (χ3v) is 5.04. The molecule has 0 aliphatic rings. The topological polar surface area (TPSA) is 97.6 Å². The van der Waals surface area contributed by atoms with Crippen LogP contribution in [0.25, 0.3) is 0 Å². The van der Waals surface area contributed by atoms with Crippen molar-refractivity contribution in [1.29, 1.82) is 0 Å². The van der Waals surface area contributed by atoms with Gasteiger partial charge in [-0.15, -0.1) is 0 Å². The Kier molecular flexibility index (Phi) is 17.5. The average molecular weight is 564 g/mol. The summed E-state index contributed by atoms with van der Waals surface area (Å²) in [4.78, 5) is 19.4. The van der Waals surface area contributed by atoms with Crippen molar-refractivity contribution >= 4 is 29.6 Å². The van der Waals surface area contributed by atoms with E-state index in [2.05, 4.69) is 9.98 Å². The first-order valence-corrected chi connectivity index (χ1v) is 11.3. The number of benzene rings is 1. The van der Waals surface area contributed by atoms with E-state index >= 15 is 0 Å². The van der Waals surface area contributed by atoms with Crippen LogP contribution in [-0.2, 0) is 23.8 Å². The molecule has 0 radical (unpaired) electrons. The monoisotopic (exact) mass is 563 g/mol. The largest absolute Gasteiger partial charge is 1.00 e. The van der Waals surface area contributed by atoms with Gasteiger partial charge in [-0.1, -0.05) is 16.7 Å². The van der Waals surface area contributed by atoms with Crippen LogP contribution in [0.5, 0.6) is 0 Å². The second-order valence-electron chi connectivity index (χ2n) is 7.78. The molecule has 2 rings (SSSR count). The molecule has 0 fully saturated rings. The summed E-state index contributed by atoms with van der Waals surface area (Å²) in [5, 5.41) is 0.565. The SMILES string of the molecule is C/C(=C\C(N)=C\N)CN=C([S-])c1ccncc1.CN(CC(F)(F)F)c1cccc(F)c1CCCC=O.[K+]. The van der Waals surface area contributed by atoms with Crippen molar-refractivity contribution in [3.05, 3.63) is 83.2 Å². The van der Waals surface area contributed by atoms with Gasteiger partial charge in [0.25, 0.3) is 0 Å². The van der Waals surface area contributed by atoms with Crippen LogP contribution in [0.4, 0.5) is 23.2 Å². The van der Waals surface area contributed by atoms with Crippen molar-refractivity contribution in [2.75, 3.05) is 25.0 Å². The van der Waals surface area contributed by atoms with Gasteiger partial charge in [0.05, 0.1) is 6.54 Å². The number of pyridine rings is 1. The molecule has 0 unspecified atom stereocenters. The number of nitrogens with zero attached hydrogens (tertiary/aromatic N) is 3. The Balaban J connectivity index is 0.000000686. The summed E-state index contributed by atoms with van der Waals surface area (Å²) in [6.45, 7) is 1.29. The van der Waals surface area contributed by atoms with Crippen molar-refractivity contribution in [3.8, 4) is 0 Å². The molecule has 2 aromatic rings. The Bertz CT molecular complexity index is 1060. The zero-order chi connectivity index (χ0) is 27.1. The van der Waals surface area contributed by atoms with Crippen LogP contribution < -0.4 is 67.8 Å². The van der Waals surface area contributed by atoms with Crippen LogP contribution in [0.2, 0.25) is 0 Å². The molecule has 4 N–H and O–H groups in total. The average Bonchev–Trinajstić information content (AvgIpc) is 2.83. The fourth-order valence-electron chi connectivity index (χ4n) is 3.03. The summed E-state index contributed by atoms with van der Waals surface area (Å²) in [7, 11) is 1.27. The number of hydrogen-bond donors (Lipinski definition) is 2. The van der Waals surface area contributed by atoms with Gasteiger partial charge >= 0.3 is 57.6 Å². The minimum absolute atomic E-state index is 0. The molecular weight excluding hydrogens is 533 g/mol. The van der Waals surface area contributed by atoms with Crippen LogP contribution in [0.1, 0.15) is 30.9 Å². The van der Waals surface area contributed by atoms with Crippen molar-refractivity contribution in [2.24, 2.45) is 16.5 Å². The van der Waals surface area contributed by atoms with Gasteiger partial charge in [0.2, 0.25) is 0 Å². The molecule has 12 heteroatoms. The predicted octanol–water partition coefficient (Wildman–Crippen LogP) is 1.43. The standard InChI is InChI=1S/C13H15F4NO.C12H16N4S.K/c1-18(9-13(15,16)17)12-7-4-6-11(14)10(12)5-2-3-8-19;1-9(6-11(14)7-13)8-16-12(17)10-2-4-15-5-3-10;/h4,6-8H,2-3,5,9H2,1H3;2-7H,8,13-14H2,1H3,(H,16,17);/q;;+1/p-1/b;9-6+,11-7-;. The maximum Gasteiger partial charge on any atom is 1.00 e. The summed E-state index contributed by atoms with van der Waals surface area (Å²) in [5.74, 6) is -0.544. The van der Waals surface area contributed by atoms with Crippen molar-refractivity contribution in [2.45, 2.75) is 32.4 Å². The first-order valence-electron chi connectivity index (χ1n) is 10.9. The second-order valence-corrected chi connectivity index (χ2v) is 8.17. The van der Waals surface area contributed by atoms with E-state index in [-0.39, 0.29) is 75.5 Å². The minimum Gasteiger partial charge on any atom is -0.760 e. The summed E-state index contributed by atoms with van der Waals surface area (Å²) in [5.41, 5.74) is 13.7. The number of halogens is 4. The number of aromatic nitrogens is 1. The zero-order valence-corrected chi connectivity index (χ0v) is 25.1. The third kappa shape index (κ3) is 14.6. The number of anilines is 1. The molecule has 37 heavy (non-hydrogen) atoms. The molecule has 0 saturated heterocycles. The van der Waals surface area contributed by atoms with Gasteiger partial charge in [-0.2, -0.15) is 13.2 Å². The summed E-state index contributed by atoms with van der Waals surface area (Å²) in [6, 6.07) is 7.70. The van der Waals surface area contributed by atoms with E-state index in [1.54, 1.807) is 18.5 Å². The van der Waals surface area contributed by atoms with E-state index in [9.17, 15) is 22.4 Å². The maximum atomic E-state index is 13.7. The van der Waals surface area contributed by atoms with Crippen molar-refractivity contribution < 1.29 is 73.7 Å². The number of nitrogens with two attached hydrogens (primary N) is 2. The Hall–Kier alpha value is -1.83. The fraction of sp³-hybridized carbons (Fsp3) is 0.320. The van der Waals surface area contributed by atoms with Crippen molar-refractivity contribution in [3.63, 3.8) is 0 Å². The normalized spacial score (nSPS) is 12.2. The van der Waals surface area contributed by atoms with Crippen LogP contribution in [-0.4, -0.2) is 42.6 Å². The quantitative estimate of drug-likeness (QED) is 0.0664. The molecule has 0 aliphatic carbocycles. The number of aldehydes is 1. The van der Waals surface area contributed by atoms with E-state index in [0.717, 1.165) is 16.0 Å². The van der Waals surface area contributed by atoms with Crippen molar-refractivity contribution in [1.82, 2.24) is 4.98 Å². The van der Waals surface area contributed by atoms with Gasteiger partial charge in [-0.3, -0.25) is 4.98 Å². The molecule has 0 spiro atoms. The minimum atomic E-state index is -4.35. The van der Waals surface area contributed by atoms with Crippen LogP contribution in [0, 0.1) is 5.82 Å². The molecule has 0 bridgehead atoms. The van der Waals surface area contributed by atoms with Gasteiger partial charge in [0.1, 0.15) is 18.6 Å². The van der Waals surface area contributed by atoms with Gasteiger partial charge in [0, 0.05) is 49.0 Å². The van der Waals surface area contributed by atoms with E-state index in [4.69, 9.17) is 24.1 Å². The molecule has 0 saturated carbocycles. The van der Waals surface area contributed by atoms with Gasteiger partial charge in [0.15, 0.2) is 0 Å². The number of carbonyl (C=O) groups excluding carboxylic acids is 1. The number of allylic oxidation sites excluding steroid dienone is 1. The molecule has 0 amide bonds. The summed E-state index contributed by atoms with van der Waals surface area (Å²) < 4.78 is 50.7. The van der Waals surface area contributed by atoms with Gasteiger partial charge < -0.3 is 38.8 Å². The van der Waals surface area contributed by atoms with Gasteiger partial charge in [-0.25, -0.2) is 4.39 Å². The van der Waals surface area contributed by atoms with Crippen LogP contribution in [0.15, 0.2) is 71.3 Å². The Morgan fingerprint density at radius 3 is 2.43 bits per heavy atom. The Morgan fingerprint density at radius 1 is 1.22 bits per heavy atom. The second kappa shape index (κ2) is 18.4. The number of hydrogen-bond acceptors (Lipinski definition) is 7. The number of rotatable bonds is 10.